The van der Waals surface area contributed by atoms with Crippen LogP contribution >= 0.6 is 27.5 Å². The van der Waals surface area contributed by atoms with Crippen molar-refractivity contribution in [2.75, 3.05) is 0 Å². The average molecular weight is 274 g/mol. The Bertz CT molecular complexity index is 360. The second-order valence-corrected chi connectivity index (χ2v) is 4.12. The van der Waals surface area contributed by atoms with Crippen molar-refractivity contribution in [1.82, 2.24) is 5.43 Å². The van der Waals surface area contributed by atoms with E-state index in [0.717, 1.165) is 10.0 Å². The van der Waals surface area contributed by atoms with Crippen molar-refractivity contribution in [2.45, 2.75) is 12.5 Å². The van der Waals surface area contributed by atoms with Gasteiger partial charge in [-0.3, -0.25) is 11.3 Å². The van der Waals surface area contributed by atoms with E-state index in [-0.39, 0.29) is 6.04 Å². The topological polar surface area (TPSA) is 38.0 Å². The minimum atomic E-state index is -0.0967. The molecule has 1 aromatic rings. The van der Waals surface area contributed by atoms with E-state index in [0.29, 0.717) is 11.4 Å². The zero-order valence-electron chi connectivity index (χ0n) is 7.43. The summed E-state index contributed by atoms with van der Waals surface area (Å²) in [7, 11) is 0. The Hall–Kier alpha value is -0.530. The number of hydrogen-bond acceptors (Lipinski definition) is 2. The maximum Gasteiger partial charge on any atom is 0.0583 e. The van der Waals surface area contributed by atoms with Crippen molar-refractivity contribution < 1.29 is 0 Å². The molecule has 1 aromatic carbocycles. The fraction of sp³-hybridized carbons (Fsp3) is 0.200. The van der Waals surface area contributed by atoms with Crippen LogP contribution in [0.25, 0.3) is 0 Å². The van der Waals surface area contributed by atoms with Crippen molar-refractivity contribution >= 4 is 27.5 Å². The first-order valence-electron chi connectivity index (χ1n) is 4.03. The van der Waals surface area contributed by atoms with Crippen molar-refractivity contribution in [3.8, 4) is 12.3 Å². The summed E-state index contributed by atoms with van der Waals surface area (Å²) in [5.41, 5.74) is 3.55. The van der Waals surface area contributed by atoms with E-state index in [4.69, 9.17) is 23.9 Å². The van der Waals surface area contributed by atoms with Gasteiger partial charge in [-0.2, -0.15) is 0 Å². The maximum atomic E-state index is 6.04. The van der Waals surface area contributed by atoms with Crippen molar-refractivity contribution in [2.24, 2.45) is 5.84 Å². The highest BCUT2D eigenvalue weighted by molar-refractivity contribution is 9.10. The lowest BCUT2D eigenvalue weighted by atomic mass is 10.1. The maximum absolute atomic E-state index is 6.04. The quantitative estimate of drug-likeness (QED) is 0.505. The highest BCUT2D eigenvalue weighted by Gasteiger charge is 2.11. The molecule has 0 bridgehead atoms. The van der Waals surface area contributed by atoms with Gasteiger partial charge in [0.05, 0.1) is 6.04 Å². The van der Waals surface area contributed by atoms with Gasteiger partial charge in [-0.05, 0) is 17.7 Å². The third-order valence-electron chi connectivity index (χ3n) is 1.86. The van der Waals surface area contributed by atoms with Crippen molar-refractivity contribution in [3.05, 3.63) is 33.3 Å². The van der Waals surface area contributed by atoms with E-state index < -0.39 is 0 Å². The Labute approximate surface area is 96.9 Å². The predicted octanol–water partition coefficient (Wildman–Crippen LogP) is 2.63. The van der Waals surface area contributed by atoms with E-state index in [1.165, 1.54) is 0 Å². The number of nitrogens with two attached hydrogens (primary N) is 1. The van der Waals surface area contributed by atoms with Crippen LogP contribution in [-0.2, 0) is 0 Å². The lowest BCUT2D eigenvalue weighted by Crippen LogP contribution is -2.27. The first-order valence-corrected chi connectivity index (χ1v) is 5.20. The predicted molar refractivity (Wildman–Crippen MR) is 62.7 cm³/mol. The van der Waals surface area contributed by atoms with Gasteiger partial charge in [-0.15, -0.1) is 12.3 Å². The summed E-state index contributed by atoms with van der Waals surface area (Å²) in [4.78, 5) is 0. The molecule has 0 aliphatic carbocycles. The molecular formula is C10H10BrClN2. The summed E-state index contributed by atoms with van der Waals surface area (Å²) < 4.78 is 0.933. The van der Waals surface area contributed by atoms with Crippen molar-refractivity contribution in [3.63, 3.8) is 0 Å². The number of hydrogen-bond donors (Lipinski definition) is 2. The zero-order chi connectivity index (χ0) is 10.6. The molecule has 1 rings (SSSR count). The molecule has 1 unspecified atom stereocenters. The first kappa shape index (κ1) is 11.5. The summed E-state index contributed by atoms with van der Waals surface area (Å²) in [6.45, 7) is 0. The van der Waals surface area contributed by atoms with Crippen LogP contribution in [-0.4, -0.2) is 0 Å². The lowest BCUT2D eigenvalue weighted by Gasteiger charge is -2.14. The number of rotatable bonds is 3. The number of terminal acetylenes is 1. The van der Waals surface area contributed by atoms with Crippen LogP contribution in [0.3, 0.4) is 0 Å². The van der Waals surface area contributed by atoms with Crippen molar-refractivity contribution in [1.29, 1.82) is 0 Å². The molecule has 4 heteroatoms. The van der Waals surface area contributed by atoms with E-state index in [1.54, 1.807) is 0 Å². The monoisotopic (exact) mass is 272 g/mol. The van der Waals surface area contributed by atoms with Crippen LogP contribution in [0.5, 0.6) is 0 Å². The summed E-state index contributed by atoms with van der Waals surface area (Å²) >= 11 is 9.37. The van der Waals surface area contributed by atoms with Gasteiger partial charge in [-0.25, -0.2) is 0 Å². The molecule has 0 amide bonds. The fourth-order valence-electron chi connectivity index (χ4n) is 1.16. The minimum Gasteiger partial charge on any atom is -0.271 e. The third-order valence-corrected chi connectivity index (χ3v) is 2.68. The van der Waals surface area contributed by atoms with E-state index in [2.05, 4.69) is 27.3 Å². The van der Waals surface area contributed by atoms with Gasteiger partial charge in [0.15, 0.2) is 0 Å². The number of halogens is 2. The number of benzene rings is 1. The van der Waals surface area contributed by atoms with Gasteiger partial charge in [0, 0.05) is 15.9 Å². The standard InChI is InChI=1S/C10H10BrClN2/c1-2-3-10(14-13)8-5-4-7(11)6-9(8)12/h1,4-6,10,14H,3,13H2. The van der Waals surface area contributed by atoms with Gasteiger partial charge in [0.25, 0.3) is 0 Å². The average Bonchev–Trinajstić information content (AvgIpc) is 2.15. The molecule has 0 radical (unpaired) electrons. The highest BCUT2D eigenvalue weighted by atomic mass is 79.9. The Morgan fingerprint density at radius 1 is 1.64 bits per heavy atom. The highest BCUT2D eigenvalue weighted by Crippen LogP contribution is 2.27. The summed E-state index contributed by atoms with van der Waals surface area (Å²) in [5.74, 6) is 7.93. The van der Waals surface area contributed by atoms with Crippen LogP contribution in [0.4, 0.5) is 0 Å². The first-order chi connectivity index (χ1) is 6.69. The Balaban J connectivity index is 2.99. The minimum absolute atomic E-state index is 0.0967. The molecule has 0 fully saturated rings. The van der Waals surface area contributed by atoms with Crippen LogP contribution in [0, 0.1) is 12.3 Å². The molecule has 1 atom stereocenters. The Kier molecular flexibility index (Phi) is 4.43. The molecule has 2 nitrogen and oxygen atoms in total. The molecule has 0 saturated heterocycles. The van der Waals surface area contributed by atoms with E-state index >= 15 is 0 Å². The van der Waals surface area contributed by atoms with Gasteiger partial charge in [-0.1, -0.05) is 33.6 Å². The SMILES string of the molecule is C#CCC(NN)c1ccc(Br)cc1Cl. The summed E-state index contributed by atoms with van der Waals surface area (Å²) in [5, 5.41) is 0.651. The Morgan fingerprint density at radius 3 is 2.86 bits per heavy atom. The van der Waals surface area contributed by atoms with Gasteiger partial charge in [0.1, 0.15) is 0 Å². The zero-order valence-corrected chi connectivity index (χ0v) is 9.77. The molecule has 0 heterocycles. The molecule has 14 heavy (non-hydrogen) atoms. The van der Waals surface area contributed by atoms with E-state index in [1.807, 2.05) is 18.2 Å². The molecule has 0 aliphatic heterocycles. The van der Waals surface area contributed by atoms with Gasteiger partial charge >= 0.3 is 0 Å². The molecule has 0 aliphatic rings. The van der Waals surface area contributed by atoms with Gasteiger partial charge in [0.2, 0.25) is 0 Å². The molecule has 0 spiro atoms. The number of hydrazine groups is 1. The molecule has 3 N–H and O–H groups in total. The lowest BCUT2D eigenvalue weighted by molar-refractivity contribution is 0.568. The summed E-state index contributed by atoms with van der Waals surface area (Å²) in [6, 6.07) is 5.52. The second-order valence-electron chi connectivity index (χ2n) is 2.79. The largest absolute Gasteiger partial charge is 0.271 e. The molecule has 0 saturated carbocycles. The normalized spacial score (nSPS) is 12.1. The molecule has 74 valence electrons. The van der Waals surface area contributed by atoms with Crippen LogP contribution in [0.15, 0.2) is 22.7 Å². The van der Waals surface area contributed by atoms with Crippen LogP contribution in [0.1, 0.15) is 18.0 Å². The van der Waals surface area contributed by atoms with E-state index in [9.17, 15) is 0 Å². The Morgan fingerprint density at radius 2 is 2.36 bits per heavy atom. The molecule has 0 aromatic heterocycles. The summed E-state index contributed by atoms with van der Waals surface area (Å²) in [6.07, 6.45) is 5.74. The second kappa shape index (κ2) is 5.38. The fourth-order valence-corrected chi connectivity index (χ4v) is 1.97. The van der Waals surface area contributed by atoms with Gasteiger partial charge < -0.3 is 0 Å². The van der Waals surface area contributed by atoms with Crippen LogP contribution < -0.4 is 11.3 Å². The molecular weight excluding hydrogens is 263 g/mol. The number of nitrogens with one attached hydrogen (secondary N) is 1. The smallest absolute Gasteiger partial charge is 0.0583 e. The van der Waals surface area contributed by atoms with Crippen LogP contribution in [0.2, 0.25) is 5.02 Å². The third kappa shape index (κ3) is 2.73.